The van der Waals surface area contributed by atoms with E-state index in [9.17, 15) is 20.1 Å². The van der Waals surface area contributed by atoms with Crippen LogP contribution in [0.2, 0.25) is 0 Å². The smallest absolute Gasteiger partial charge is 0.174 e. The first-order valence-corrected chi connectivity index (χ1v) is 7.41. The van der Waals surface area contributed by atoms with Crippen LogP contribution >= 0.6 is 0 Å². The molecule has 3 N–H and O–H groups in total. The highest BCUT2D eigenvalue weighted by atomic mass is 16.5. The van der Waals surface area contributed by atoms with Gasteiger partial charge in [0.15, 0.2) is 11.5 Å². The topological polar surface area (TPSA) is 87.0 Å². The van der Waals surface area contributed by atoms with Crippen molar-refractivity contribution in [1.82, 2.24) is 0 Å². The second-order valence-electron chi connectivity index (χ2n) is 5.97. The van der Waals surface area contributed by atoms with Crippen LogP contribution in [0, 0.1) is 23.7 Å². The Balaban J connectivity index is 1.69. The summed E-state index contributed by atoms with van der Waals surface area (Å²) < 4.78 is 5.85. The van der Waals surface area contributed by atoms with Crippen LogP contribution in [-0.4, -0.2) is 27.2 Å². The molecule has 23 heavy (non-hydrogen) atoms. The highest BCUT2D eigenvalue weighted by molar-refractivity contribution is 6.02. The highest BCUT2D eigenvalue weighted by Gasteiger charge is 2.41. The average molecular weight is 310 g/mol. The van der Waals surface area contributed by atoms with E-state index in [2.05, 4.69) is 17.9 Å². The van der Waals surface area contributed by atoms with Crippen LogP contribution in [0.3, 0.4) is 0 Å². The molecule has 5 heteroatoms. The molecule has 0 spiro atoms. The SMILES string of the molecule is O=C1CC(C2C#CC(O)=CCC3C=C32)Oc2cc(O)cc(O)c21. The number of phenols is 2. The molecule has 0 bridgehead atoms. The highest BCUT2D eigenvalue weighted by Crippen LogP contribution is 2.45. The van der Waals surface area contributed by atoms with Crippen molar-refractivity contribution in [3.05, 3.63) is 41.2 Å². The third kappa shape index (κ3) is 2.33. The molecule has 1 heterocycles. The normalized spacial score (nSPS) is 27.8. The molecular formula is C18H14O5. The summed E-state index contributed by atoms with van der Waals surface area (Å²) in [4.78, 5) is 12.4. The number of Topliss-reactive ketones (excluding diaryl/α,β-unsaturated/α-hetero) is 1. The molecule has 3 unspecified atom stereocenters. The summed E-state index contributed by atoms with van der Waals surface area (Å²) in [6, 6.07) is 2.45. The molecule has 0 saturated heterocycles. The zero-order valence-corrected chi connectivity index (χ0v) is 12.1. The Labute approximate surface area is 132 Å². The van der Waals surface area contributed by atoms with Crippen molar-refractivity contribution in [2.75, 3.05) is 0 Å². The van der Waals surface area contributed by atoms with Gasteiger partial charge >= 0.3 is 0 Å². The minimum Gasteiger partial charge on any atom is -0.508 e. The predicted octanol–water partition coefficient (Wildman–Crippen LogP) is 2.45. The van der Waals surface area contributed by atoms with Crippen LogP contribution in [0.5, 0.6) is 17.2 Å². The van der Waals surface area contributed by atoms with Gasteiger partial charge in [-0.2, -0.15) is 0 Å². The van der Waals surface area contributed by atoms with E-state index >= 15 is 0 Å². The second kappa shape index (κ2) is 4.82. The molecule has 0 saturated carbocycles. The number of ketones is 1. The van der Waals surface area contributed by atoms with Crippen molar-refractivity contribution >= 4 is 5.78 Å². The summed E-state index contributed by atoms with van der Waals surface area (Å²) in [5.41, 5.74) is 1.22. The van der Waals surface area contributed by atoms with Gasteiger partial charge in [-0.3, -0.25) is 4.79 Å². The molecule has 0 radical (unpaired) electrons. The number of carbonyl (C=O) groups excluding carboxylic acids is 1. The summed E-state index contributed by atoms with van der Waals surface area (Å²) in [5.74, 6) is 5.16. The summed E-state index contributed by atoms with van der Waals surface area (Å²) in [5, 5.41) is 29.1. The maximum Gasteiger partial charge on any atom is 0.174 e. The monoisotopic (exact) mass is 310 g/mol. The molecule has 1 aliphatic heterocycles. The molecule has 2 aliphatic carbocycles. The molecule has 0 aromatic heterocycles. The van der Waals surface area contributed by atoms with Crippen LogP contribution < -0.4 is 4.74 Å². The minimum absolute atomic E-state index is 0.0344. The first-order valence-electron chi connectivity index (χ1n) is 7.41. The van der Waals surface area contributed by atoms with E-state index in [0.717, 1.165) is 11.6 Å². The lowest BCUT2D eigenvalue weighted by Gasteiger charge is -2.29. The minimum atomic E-state index is -0.495. The van der Waals surface area contributed by atoms with E-state index < -0.39 is 6.10 Å². The van der Waals surface area contributed by atoms with E-state index in [1.165, 1.54) is 6.07 Å². The maximum atomic E-state index is 12.4. The third-order valence-electron chi connectivity index (χ3n) is 4.37. The van der Waals surface area contributed by atoms with Gasteiger partial charge in [0.1, 0.15) is 28.9 Å². The lowest BCUT2D eigenvalue weighted by atomic mass is 9.88. The van der Waals surface area contributed by atoms with Crippen LogP contribution in [-0.2, 0) is 0 Å². The standard InChI is InChI=1S/C18H14O5/c19-10-2-1-9-5-13(9)12(4-3-10)16-8-15(22)18-14(21)6-11(20)7-17(18)23-16/h2,5-7,9,12,16,19-21H,1,8H2. The van der Waals surface area contributed by atoms with Gasteiger partial charge in [-0.15, -0.1) is 0 Å². The fourth-order valence-electron chi connectivity index (χ4n) is 3.19. The van der Waals surface area contributed by atoms with E-state index in [0.29, 0.717) is 6.42 Å². The Morgan fingerprint density at radius 3 is 2.87 bits per heavy atom. The van der Waals surface area contributed by atoms with Crippen molar-refractivity contribution in [2.45, 2.75) is 18.9 Å². The number of aromatic hydroxyl groups is 2. The van der Waals surface area contributed by atoms with E-state index in [4.69, 9.17) is 4.74 Å². The zero-order chi connectivity index (χ0) is 16.1. The van der Waals surface area contributed by atoms with Gasteiger partial charge < -0.3 is 20.1 Å². The molecule has 116 valence electrons. The lowest BCUT2D eigenvalue weighted by molar-refractivity contribution is 0.0809. The molecular weight excluding hydrogens is 296 g/mol. The number of hydrogen-bond donors (Lipinski definition) is 3. The van der Waals surface area contributed by atoms with Crippen LogP contribution in [0.1, 0.15) is 23.2 Å². The summed E-state index contributed by atoms with van der Waals surface area (Å²) in [6.07, 6.45) is 4.06. The first kappa shape index (κ1) is 13.8. The average Bonchev–Trinajstić information content (AvgIpc) is 3.21. The summed E-state index contributed by atoms with van der Waals surface area (Å²) >= 11 is 0. The van der Waals surface area contributed by atoms with E-state index in [-0.39, 0.29) is 52.6 Å². The molecule has 3 atom stereocenters. The zero-order valence-electron chi connectivity index (χ0n) is 12.1. The fraction of sp³-hybridized carbons (Fsp3) is 0.278. The van der Waals surface area contributed by atoms with Crippen molar-refractivity contribution < 1.29 is 24.9 Å². The van der Waals surface area contributed by atoms with Crippen LogP contribution in [0.4, 0.5) is 0 Å². The van der Waals surface area contributed by atoms with Crippen molar-refractivity contribution in [1.29, 1.82) is 0 Å². The molecule has 3 aliphatic rings. The number of aliphatic hydroxyl groups excluding tert-OH is 1. The summed E-state index contributed by atoms with van der Waals surface area (Å²) in [6.45, 7) is 0. The third-order valence-corrected chi connectivity index (χ3v) is 4.37. The Hall–Kier alpha value is -2.87. The van der Waals surface area contributed by atoms with E-state index in [1.807, 2.05) is 0 Å². The first-order chi connectivity index (χ1) is 11.0. The number of fused-ring (bicyclic) bond motifs is 2. The Bertz CT molecular complexity index is 837. The number of hydrogen-bond acceptors (Lipinski definition) is 5. The van der Waals surface area contributed by atoms with Crippen molar-refractivity contribution in [2.24, 2.45) is 11.8 Å². The van der Waals surface area contributed by atoms with Crippen molar-refractivity contribution in [3.8, 4) is 29.1 Å². The van der Waals surface area contributed by atoms with Gasteiger partial charge in [0.05, 0.1) is 5.92 Å². The van der Waals surface area contributed by atoms with Gasteiger partial charge in [-0.1, -0.05) is 12.0 Å². The largest absolute Gasteiger partial charge is 0.508 e. The van der Waals surface area contributed by atoms with Crippen molar-refractivity contribution in [3.63, 3.8) is 0 Å². The number of benzene rings is 1. The molecule has 0 fully saturated rings. The predicted molar refractivity (Wildman–Crippen MR) is 81.3 cm³/mol. The number of aliphatic hydroxyl groups is 1. The van der Waals surface area contributed by atoms with Gasteiger partial charge in [0.2, 0.25) is 0 Å². The van der Waals surface area contributed by atoms with Crippen LogP contribution in [0.15, 0.2) is 35.6 Å². The van der Waals surface area contributed by atoms with Crippen LogP contribution in [0.25, 0.3) is 0 Å². The Morgan fingerprint density at radius 1 is 1.22 bits per heavy atom. The van der Waals surface area contributed by atoms with E-state index in [1.54, 1.807) is 6.08 Å². The van der Waals surface area contributed by atoms with Gasteiger partial charge in [-0.25, -0.2) is 0 Å². The fourth-order valence-corrected chi connectivity index (χ4v) is 3.19. The number of rotatable bonds is 1. The quantitative estimate of drug-likeness (QED) is 0.548. The lowest BCUT2D eigenvalue weighted by Crippen LogP contribution is -2.33. The number of allylic oxidation sites excluding steroid dienone is 3. The van der Waals surface area contributed by atoms with Gasteiger partial charge in [0.25, 0.3) is 0 Å². The Morgan fingerprint density at radius 2 is 2.04 bits per heavy atom. The molecule has 5 nitrogen and oxygen atoms in total. The molecule has 0 amide bonds. The van der Waals surface area contributed by atoms with Gasteiger partial charge in [-0.05, 0) is 24.0 Å². The molecule has 1 aromatic carbocycles. The maximum absolute atomic E-state index is 12.4. The van der Waals surface area contributed by atoms with Gasteiger partial charge in [0, 0.05) is 24.5 Å². The second-order valence-corrected chi connectivity index (χ2v) is 5.97. The molecule has 1 aromatic rings. The number of phenolic OH excluding ortho intramolecular Hbond substituents is 2. The Kier molecular flexibility index (Phi) is 2.88. The number of ether oxygens (including phenoxy) is 1. The molecule has 4 rings (SSSR count). The summed E-state index contributed by atoms with van der Waals surface area (Å²) in [7, 11) is 0. The number of carbonyl (C=O) groups is 1.